The van der Waals surface area contributed by atoms with E-state index in [0.717, 1.165) is 31.7 Å². The minimum atomic E-state index is 0.239. The molecule has 1 aromatic carbocycles. The van der Waals surface area contributed by atoms with Gasteiger partial charge >= 0.3 is 0 Å². The largest absolute Gasteiger partial charge is 0.494 e. The number of unbranched alkanes of at least 4 members (excludes halogenated alkanes) is 1. The fraction of sp³-hybridized carbons (Fsp3) is 0.600. The molecule has 0 aliphatic heterocycles. The van der Waals surface area contributed by atoms with Gasteiger partial charge in [-0.15, -0.1) is 0 Å². The fourth-order valence-corrected chi connectivity index (χ4v) is 1.65. The third kappa shape index (κ3) is 6.62. The Balaban J connectivity index is 2.32. The number of ether oxygens (including phenoxy) is 1. The van der Waals surface area contributed by atoms with Crippen molar-refractivity contribution in [2.75, 3.05) is 19.8 Å². The SMILES string of the molecule is CC(C)CNCc1cccc(OCCCCO)c1. The average Bonchev–Trinajstić information content (AvgIpc) is 2.35. The maximum atomic E-state index is 8.69. The third-order valence-corrected chi connectivity index (χ3v) is 2.60. The van der Waals surface area contributed by atoms with Crippen LogP contribution in [-0.4, -0.2) is 24.9 Å². The number of benzene rings is 1. The smallest absolute Gasteiger partial charge is 0.119 e. The molecule has 0 fully saturated rings. The highest BCUT2D eigenvalue weighted by Crippen LogP contribution is 2.13. The van der Waals surface area contributed by atoms with E-state index in [0.29, 0.717) is 12.5 Å². The van der Waals surface area contributed by atoms with Gasteiger partial charge in [0.15, 0.2) is 0 Å². The standard InChI is InChI=1S/C15H25NO2/c1-13(2)11-16-12-14-6-5-7-15(10-14)18-9-4-3-8-17/h5-7,10,13,16-17H,3-4,8-9,11-12H2,1-2H3. The van der Waals surface area contributed by atoms with E-state index in [1.165, 1.54) is 5.56 Å². The van der Waals surface area contributed by atoms with Crippen LogP contribution in [0.1, 0.15) is 32.3 Å². The van der Waals surface area contributed by atoms with Crippen molar-refractivity contribution in [1.29, 1.82) is 0 Å². The van der Waals surface area contributed by atoms with Crippen molar-refractivity contribution in [3.05, 3.63) is 29.8 Å². The molecule has 0 bridgehead atoms. The second kappa shape index (κ2) is 8.95. The molecular weight excluding hydrogens is 226 g/mol. The Morgan fingerprint density at radius 1 is 1.28 bits per heavy atom. The van der Waals surface area contributed by atoms with Gasteiger partial charge in [-0.05, 0) is 43.0 Å². The van der Waals surface area contributed by atoms with Crippen molar-refractivity contribution in [3.63, 3.8) is 0 Å². The van der Waals surface area contributed by atoms with Gasteiger partial charge in [0, 0.05) is 13.2 Å². The molecule has 0 atom stereocenters. The quantitative estimate of drug-likeness (QED) is 0.663. The number of aliphatic hydroxyl groups is 1. The Morgan fingerprint density at radius 3 is 2.83 bits per heavy atom. The van der Waals surface area contributed by atoms with Gasteiger partial charge in [0.2, 0.25) is 0 Å². The zero-order valence-electron chi connectivity index (χ0n) is 11.5. The number of nitrogens with one attached hydrogen (secondary N) is 1. The van der Waals surface area contributed by atoms with Crippen molar-refractivity contribution >= 4 is 0 Å². The normalized spacial score (nSPS) is 10.9. The topological polar surface area (TPSA) is 41.5 Å². The lowest BCUT2D eigenvalue weighted by Gasteiger charge is -2.10. The molecule has 3 heteroatoms. The summed E-state index contributed by atoms with van der Waals surface area (Å²) in [7, 11) is 0. The minimum absolute atomic E-state index is 0.239. The van der Waals surface area contributed by atoms with Crippen LogP contribution in [0.4, 0.5) is 0 Å². The summed E-state index contributed by atoms with van der Waals surface area (Å²) < 4.78 is 5.64. The van der Waals surface area contributed by atoms with Crippen LogP contribution in [0.2, 0.25) is 0 Å². The second-order valence-electron chi connectivity index (χ2n) is 4.95. The van der Waals surface area contributed by atoms with E-state index in [1.54, 1.807) is 0 Å². The molecule has 0 heterocycles. The van der Waals surface area contributed by atoms with Crippen LogP contribution in [0.5, 0.6) is 5.75 Å². The van der Waals surface area contributed by atoms with E-state index < -0.39 is 0 Å². The first-order valence-electron chi connectivity index (χ1n) is 6.75. The second-order valence-corrected chi connectivity index (χ2v) is 4.95. The zero-order chi connectivity index (χ0) is 13.2. The molecule has 0 spiro atoms. The lowest BCUT2D eigenvalue weighted by molar-refractivity contribution is 0.253. The van der Waals surface area contributed by atoms with Crippen LogP contribution in [0.25, 0.3) is 0 Å². The zero-order valence-corrected chi connectivity index (χ0v) is 11.5. The molecule has 1 rings (SSSR count). The monoisotopic (exact) mass is 251 g/mol. The van der Waals surface area contributed by atoms with Gasteiger partial charge in [-0.1, -0.05) is 26.0 Å². The predicted octanol–water partition coefficient (Wildman–Crippen LogP) is 2.58. The molecule has 0 unspecified atom stereocenters. The number of hydrogen-bond acceptors (Lipinski definition) is 3. The van der Waals surface area contributed by atoms with Crippen molar-refractivity contribution < 1.29 is 9.84 Å². The van der Waals surface area contributed by atoms with Gasteiger partial charge in [-0.25, -0.2) is 0 Å². The van der Waals surface area contributed by atoms with Crippen molar-refractivity contribution in [1.82, 2.24) is 5.32 Å². The summed E-state index contributed by atoms with van der Waals surface area (Å²) in [5.41, 5.74) is 1.25. The molecule has 0 saturated carbocycles. The molecule has 1 aromatic rings. The van der Waals surface area contributed by atoms with Crippen molar-refractivity contribution in [2.45, 2.75) is 33.2 Å². The predicted molar refractivity (Wildman–Crippen MR) is 74.8 cm³/mol. The summed E-state index contributed by atoms with van der Waals surface area (Å²) in [5, 5.41) is 12.1. The van der Waals surface area contributed by atoms with E-state index in [4.69, 9.17) is 9.84 Å². The van der Waals surface area contributed by atoms with E-state index in [-0.39, 0.29) is 6.61 Å². The highest BCUT2D eigenvalue weighted by molar-refractivity contribution is 5.28. The molecule has 0 aliphatic rings. The van der Waals surface area contributed by atoms with Crippen LogP contribution in [0, 0.1) is 5.92 Å². The Bertz CT molecular complexity index is 326. The fourth-order valence-electron chi connectivity index (χ4n) is 1.65. The van der Waals surface area contributed by atoms with E-state index in [2.05, 4.69) is 31.3 Å². The van der Waals surface area contributed by atoms with Gasteiger partial charge in [-0.3, -0.25) is 0 Å². The Morgan fingerprint density at radius 2 is 2.11 bits per heavy atom. The number of rotatable bonds is 9. The maximum Gasteiger partial charge on any atom is 0.119 e. The average molecular weight is 251 g/mol. The molecule has 3 nitrogen and oxygen atoms in total. The summed E-state index contributed by atoms with van der Waals surface area (Å²) in [6, 6.07) is 8.18. The van der Waals surface area contributed by atoms with E-state index in [1.807, 2.05) is 12.1 Å². The van der Waals surface area contributed by atoms with Gasteiger partial charge < -0.3 is 15.2 Å². The maximum absolute atomic E-state index is 8.69. The van der Waals surface area contributed by atoms with Crippen LogP contribution in [0.15, 0.2) is 24.3 Å². The van der Waals surface area contributed by atoms with E-state index >= 15 is 0 Å². The molecule has 2 N–H and O–H groups in total. The van der Waals surface area contributed by atoms with Crippen LogP contribution in [-0.2, 0) is 6.54 Å². The lowest BCUT2D eigenvalue weighted by Crippen LogP contribution is -2.18. The Labute approximate surface area is 110 Å². The summed E-state index contributed by atoms with van der Waals surface area (Å²) >= 11 is 0. The molecule has 0 radical (unpaired) electrons. The van der Waals surface area contributed by atoms with E-state index in [9.17, 15) is 0 Å². The molecule has 0 saturated heterocycles. The van der Waals surface area contributed by atoms with Gasteiger partial charge in [0.05, 0.1) is 6.61 Å². The number of hydrogen-bond donors (Lipinski definition) is 2. The molecule has 0 aromatic heterocycles. The molecule has 0 amide bonds. The van der Waals surface area contributed by atoms with Crippen molar-refractivity contribution in [2.24, 2.45) is 5.92 Å². The first-order valence-corrected chi connectivity index (χ1v) is 6.75. The highest BCUT2D eigenvalue weighted by Gasteiger charge is 1.98. The van der Waals surface area contributed by atoms with Crippen LogP contribution >= 0.6 is 0 Å². The van der Waals surface area contributed by atoms with Gasteiger partial charge in [0.1, 0.15) is 5.75 Å². The molecule has 18 heavy (non-hydrogen) atoms. The Kier molecular flexibility index (Phi) is 7.46. The summed E-state index contributed by atoms with van der Waals surface area (Å²) in [6.45, 7) is 7.22. The van der Waals surface area contributed by atoms with Crippen LogP contribution < -0.4 is 10.1 Å². The molecule has 102 valence electrons. The summed E-state index contributed by atoms with van der Waals surface area (Å²) in [6.07, 6.45) is 1.70. The van der Waals surface area contributed by atoms with Gasteiger partial charge in [-0.2, -0.15) is 0 Å². The third-order valence-electron chi connectivity index (χ3n) is 2.60. The first-order chi connectivity index (χ1) is 8.72. The Hall–Kier alpha value is -1.06. The lowest BCUT2D eigenvalue weighted by atomic mass is 10.2. The summed E-state index contributed by atoms with van der Waals surface area (Å²) in [4.78, 5) is 0. The van der Waals surface area contributed by atoms with Crippen LogP contribution in [0.3, 0.4) is 0 Å². The highest BCUT2D eigenvalue weighted by atomic mass is 16.5. The first kappa shape index (κ1) is 15.0. The number of aliphatic hydroxyl groups excluding tert-OH is 1. The minimum Gasteiger partial charge on any atom is -0.494 e. The van der Waals surface area contributed by atoms with Gasteiger partial charge in [0.25, 0.3) is 0 Å². The summed E-state index contributed by atoms with van der Waals surface area (Å²) in [5.74, 6) is 1.58. The molecular formula is C15H25NO2. The molecule has 0 aliphatic carbocycles. The van der Waals surface area contributed by atoms with Crippen molar-refractivity contribution in [3.8, 4) is 5.75 Å².